The van der Waals surface area contributed by atoms with Gasteiger partial charge in [0.25, 0.3) is 0 Å². The number of hydrogen-bond donors (Lipinski definition) is 1. The van der Waals surface area contributed by atoms with Crippen LogP contribution in [0.15, 0.2) is 0 Å². The minimum absolute atomic E-state index is 0.222. The molecule has 0 radical (unpaired) electrons. The standard InChI is InChI=1S/C13H27N3O/c1-11-6-8-16(12(9-11)10-14)7-4-5-13(17)15(2)3/h11-12H,4-10,14H2,1-3H3. The molecule has 0 bridgehead atoms. The second-order valence-corrected chi connectivity index (χ2v) is 5.45. The average Bonchev–Trinajstić information content (AvgIpc) is 2.30. The summed E-state index contributed by atoms with van der Waals surface area (Å²) in [6.45, 7) is 5.19. The molecular weight excluding hydrogens is 214 g/mol. The predicted molar refractivity (Wildman–Crippen MR) is 70.7 cm³/mol. The molecule has 4 heteroatoms. The summed E-state index contributed by atoms with van der Waals surface area (Å²) < 4.78 is 0. The van der Waals surface area contributed by atoms with E-state index in [9.17, 15) is 4.79 Å². The Hall–Kier alpha value is -0.610. The molecule has 0 aromatic rings. The smallest absolute Gasteiger partial charge is 0.222 e. The van der Waals surface area contributed by atoms with E-state index >= 15 is 0 Å². The maximum atomic E-state index is 11.5. The van der Waals surface area contributed by atoms with Crippen LogP contribution in [0.4, 0.5) is 0 Å². The van der Waals surface area contributed by atoms with Crippen LogP contribution in [0.25, 0.3) is 0 Å². The molecule has 0 aromatic carbocycles. The van der Waals surface area contributed by atoms with E-state index in [2.05, 4.69) is 11.8 Å². The summed E-state index contributed by atoms with van der Waals surface area (Å²) in [5.41, 5.74) is 5.82. The van der Waals surface area contributed by atoms with Crippen molar-refractivity contribution in [2.45, 2.75) is 38.6 Å². The Morgan fingerprint density at radius 1 is 1.47 bits per heavy atom. The van der Waals surface area contributed by atoms with E-state index in [1.807, 2.05) is 14.1 Å². The fourth-order valence-electron chi connectivity index (χ4n) is 2.50. The molecule has 0 spiro atoms. The lowest BCUT2D eigenvalue weighted by molar-refractivity contribution is -0.128. The van der Waals surface area contributed by atoms with Gasteiger partial charge < -0.3 is 10.6 Å². The number of amides is 1. The lowest BCUT2D eigenvalue weighted by Crippen LogP contribution is -2.46. The molecule has 1 aliphatic rings. The summed E-state index contributed by atoms with van der Waals surface area (Å²) in [4.78, 5) is 15.6. The molecule has 1 amide bonds. The van der Waals surface area contributed by atoms with Crippen molar-refractivity contribution in [3.05, 3.63) is 0 Å². The molecule has 100 valence electrons. The molecule has 2 N–H and O–H groups in total. The molecule has 1 aliphatic heterocycles. The number of nitrogens with zero attached hydrogens (tertiary/aromatic N) is 2. The van der Waals surface area contributed by atoms with Gasteiger partial charge in [-0.25, -0.2) is 0 Å². The lowest BCUT2D eigenvalue weighted by atomic mass is 9.92. The van der Waals surface area contributed by atoms with E-state index in [4.69, 9.17) is 5.73 Å². The van der Waals surface area contributed by atoms with Crippen LogP contribution in [0.3, 0.4) is 0 Å². The number of piperidine rings is 1. The first-order valence-corrected chi connectivity index (χ1v) is 6.68. The number of nitrogens with two attached hydrogens (primary N) is 1. The lowest BCUT2D eigenvalue weighted by Gasteiger charge is -2.38. The molecule has 2 atom stereocenters. The van der Waals surface area contributed by atoms with Crippen LogP contribution in [0.5, 0.6) is 0 Å². The normalized spacial score (nSPS) is 25.9. The van der Waals surface area contributed by atoms with Gasteiger partial charge in [-0.1, -0.05) is 6.92 Å². The topological polar surface area (TPSA) is 49.6 Å². The monoisotopic (exact) mass is 241 g/mol. The first-order chi connectivity index (χ1) is 8.04. The Balaban J connectivity index is 2.28. The number of hydrogen-bond acceptors (Lipinski definition) is 3. The van der Waals surface area contributed by atoms with Crippen molar-refractivity contribution in [2.24, 2.45) is 11.7 Å². The van der Waals surface area contributed by atoms with E-state index in [-0.39, 0.29) is 5.91 Å². The van der Waals surface area contributed by atoms with Gasteiger partial charge in [0.1, 0.15) is 0 Å². The maximum absolute atomic E-state index is 11.5. The second kappa shape index (κ2) is 6.97. The van der Waals surface area contributed by atoms with Gasteiger partial charge in [-0.3, -0.25) is 9.69 Å². The second-order valence-electron chi connectivity index (χ2n) is 5.45. The largest absolute Gasteiger partial charge is 0.349 e. The number of carbonyl (C=O) groups is 1. The average molecular weight is 241 g/mol. The SMILES string of the molecule is CC1CCN(CCCC(=O)N(C)C)C(CN)C1. The van der Waals surface area contributed by atoms with Crippen LogP contribution in [-0.2, 0) is 4.79 Å². The molecule has 0 aliphatic carbocycles. The van der Waals surface area contributed by atoms with Gasteiger partial charge in [0.2, 0.25) is 5.91 Å². The van der Waals surface area contributed by atoms with Gasteiger partial charge in [0.15, 0.2) is 0 Å². The first kappa shape index (κ1) is 14.5. The number of likely N-dealkylation sites (tertiary alicyclic amines) is 1. The van der Waals surface area contributed by atoms with Crippen LogP contribution in [0.2, 0.25) is 0 Å². The number of carbonyl (C=O) groups excluding carboxylic acids is 1. The van der Waals surface area contributed by atoms with Gasteiger partial charge in [-0.15, -0.1) is 0 Å². The van der Waals surface area contributed by atoms with E-state index in [1.165, 1.54) is 12.8 Å². The number of rotatable bonds is 5. The zero-order valence-corrected chi connectivity index (χ0v) is 11.5. The Kier molecular flexibility index (Phi) is 5.92. The van der Waals surface area contributed by atoms with Crippen molar-refractivity contribution in [3.8, 4) is 0 Å². The molecule has 1 fully saturated rings. The van der Waals surface area contributed by atoms with Crippen LogP contribution in [-0.4, -0.2) is 55.5 Å². The molecule has 0 aromatic heterocycles. The van der Waals surface area contributed by atoms with Crippen LogP contribution < -0.4 is 5.73 Å². The highest BCUT2D eigenvalue weighted by molar-refractivity contribution is 5.75. The third-order valence-corrected chi connectivity index (χ3v) is 3.71. The van der Waals surface area contributed by atoms with Crippen molar-refractivity contribution in [3.63, 3.8) is 0 Å². The maximum Gasteiger partial charge on any atom is 0.222 e. The summed E-state index contributed by atoms with van der Waals surface area (Å²) in [6, 6.07) is 0.521. The van der Waals surface area contributed by atoms with Gasteiger partial charge in [0.05, 0.1) is 0 Å². The Bertz CT molecular complexity index is 243. The summed E-state index contributed by atoms with van der Waals surface area (Å²) in [5, 5.41) is 0. The fourth-order valence-corrected chi connectivity index (χ4v) is 2.50. The molecular formula is C13H27N3O. The van der Waals surface area contributed by atoms with Crippen LogP contribution >= 0.6 is 0 Å². The minimum atomic E-state index is 0.222. The van der Waals surface area contributed by atoms with E-state index in [1.54, 1.807) is 4.90 Å². The highest BCUT2D eigenvalue weighted by atomic mass is 16.2. The first-order valence-electron chi connectivity index (χ1n) is 6.68. The van der Waals surface area contributed by atoms with E-state index < -0.39 is 0 Å². The summed E-state index contributed by atoms with van der Waals surface area (Å²) >= 11 is 0. The van der Waals surface area contributed by atoms with E-state index in [0.29, 0.717) is 12.5 Å². The highest BCUT2D eigenvalue weighted by Crippen LogP contribution is 2.22. The Morgan fingerprint density at radius 2 is 2.18 bits per heavy atom. The summed E-state index contributed by atoms with van der Waals surface area (Å²) in [5.74, 6) is 1.02. The van der Waals surface area contributed by atoms with Crippen molar-refractivity contribution in [2.75, 3.05) is 33.7 Å². The minimum Gasteiger partial charge on any atom is -0.349 e. The highest BCUT2D eigenvalue weighted by Gasteiger charge is 2.24. The van der Waals surface area contributed by atoms with Gasteiger partial charge in [0, 0.05) is 33.1 Å². The van der Waals surface area contributed by atoms with Gasteiger partial charge in [-0.2, -0.15) is 0 Å². The van der Waals surface area contributed by atoms with Crippen LogP contribution in [0.1, 0.15) is 32.6 Å². The Morgan fingerprint density at radius 3 is 2.76 bits per heavy atom. The molecule has 0 saturated carbocycles. The zero-order chi connectivity index (χ0) is 12.8. The molecule has 1 saturated heterocycles. The van der Waals surface area contributed by atoms with Crippen molar-refractivity contribution in [1.82, 2.24) is 9.80 Å². The van der Waals surface area contributed by atoms with Crippen LogP contribution in [0, 0.1) is 5.92 Å². The van der Waals surface area contributed by atoms with Gasteiger partial charge in [-0.05, 0) is 38.3 Å². The quantitative estimate of drug-likeness (QED) is 0.778. The fraction of sp³-hybridized carbons (Fsp3) is 0.923. The Labute approximate surface area is 105 Å². The molecule has 17 heavy (non-hydrogen) atoms. The third-order valence-electron chi connectivity index (χ3n) is 3.71. The molecule has 2 unspecified atom stereocenters. The molecule has 1 rings (SSSR count). The summed E-state index contributed by atoms with van der Waals surface area (Å²) in [6.07, 6.45) is 4.06. The molecule has 1 heterocycles. The summed E-state index contributed by atoms with van der Waals surface area (Å²) in [7, 11) is 3.63. The van der Waals surface area contributed by atoms with Crippen molar-refractivity contribution in [1.29, 1.82) is 0 Å². The van der Waals surface area contributed by atoms with E-state index in [0.717, 1.165) is 32.0 Å². The third kappa shape index (κ3) is 4.64. The molecule has 4 nitrogen and oxygen atoms in total. The zero-order valence-electron chi connectivity index (χ0n) is 11.5. The van der Waals surface area contributed by atoms with Gasteiger partial charge >= 0.3 is 0 Å². The van der Waals surface area contributed by atoms with Crippen molar-refractivity contribution >= 4 is 5.91 Å². The predicted octanol–water partition coefficient (Wildman–Crippen LogP) is 0.914. The van der Waals surface area contributed by atoms with Crippen molar-refractivity contribution < 1.29 is 4.79 Å².